The summed E-state index contributed by atoms with van der Waals surface area (Å²) >= 11 is 3.38. The van der Waals surface area contributed by atoms with Gasteiger partial charge in [-0.25, -0.2) is 0 Å². The average molecular weight is 291 g/mol. The van der Waals surface area contributed by atoms with Crippen LogP contribution in [0.5, 0.6) is 0 Å². The zero-order chi connectivity index (χ0) is 12.4. The fraction of sp³-hybridized carbons (Fsp3) is 0.0769. The van der Waals surface area contributed by atoms with Crippen LogP contribution in [0.3, 0.4) is 0 Å². The summed E-state index contributed by atoms with van der Waals surface area (Å²) in [5, 5.41) is 10.8. The fourth-order valence-corrected chi connectivity index (χ4v) is 1.98. The number of aromatic carboxylic acids is 1. The number of hydrogen-bond donors (Lipinski definition) is 0. The molecule has 0 spiro atoms. The molecule has 4 heteroatoms. The first-order valence-corrected chi connectivity index (χ1v) is 5.82. The van der Waals surface area contributed by atoms with Crippen molar-refractivity contribution in [3.8, 4) is 11.3 Å². The summed E-state index contributed by atoms with van der Waals surface area (Å²) in [6.07, 6.45) is 0. The minimum absolute atomic E-state index is 0.128. The van der Waals surface area contributed by atoms with E-state index in [0.29, 0.717) is 5.69 Å². The largest absolute Gasteiger partial charge is 0.545 e. The summed E-state index contributed by atoms with van der Waals surface area (Å²) in [6.45, 7) is 1.66. The number of pyridine rings is 1. The van der Waals surface area contributed by atoms with Gasteiger partial charge in [0.05, 0.1) is 11.7 Å². The Morgan fingerprint density at radius 3 is 2.65 bits per heavy atom. The first kappa shape index (κ1) is 11.8. The Morgan fingerprint density at radius 1 is 1.29 bits per heavy atom. The van der Waals surface area contributed by atoms with Crippen LogP contribution in [0.25, 0.3) is 11.3 Å². The number of nitrogens with zero attached hydrogens (tertiary/aromatic N) is 1. The lowest BCUT2D eigenvalue weighted by molar-refractivity contribution is -0.255. The summed E-state index contributed by atoms with van der Waals surface area (Å²) in [6, 6.07) is 10.9. The summed E-state index contributed by atoms with van der Waals surface area (Å²) in [5.74, 6) is -1.20. The number of carbonyl (C=O) groups excluding carboxylic acids is 1. The van der Waals surface area contributed by atoms with E-state index in [2.05, 4.69) is 20.9 Å². The van der Waals surface area contributed by atoms with E-state index in [9.17, 15) is 9.90 Å². The van der Waals surface area contributed by atoms with Crippen LogP contribution in [-0.4, -0.2) is 11.0 Å². The minimum atomic E-state index is -1.20. The van der Waals surface area contributed by atoms with Crippen LogP contribution < -0.4 is 5.11 Å². The third-order valence-electron chi connectivity index (χ3n) is 2.43. The molecule has 1 heterocycles. The van der Waals surface area contributed by atoms with Gasteiger partial charge >= 0.3 is 0 Å². The van der Waals surface area contributed by atoms with Crippen molar-refractivity contribution in [2.75, 3.05) is 0 Å². The molecule has 86 valence electrons. The molecule has 0 aliphatic heterocycles. The Bertz CT molecular complexity index is 581. The molecule has 0 atom stereocenters. The predicted octanol–water partition coefficient (Wildman–Crippen LogP) is 2.18. The molecule has 3 nitrogen and oxygen atoms in total. The van der Waals surface area contributed by atoms with Crippen molar-refractivity contribution in [2.24, 2.45) is 0 Å². The van der Waals surface area contributed by atoms with Gasteiger partial charge in [-0.05, 0) is 31.2 Å². The number of benzene rings is 1. The van der Waals surface area contributed by atoms with E-state index in [0.717, 1.165) is 15.7 Å². The molecular weight excluding hydrogens is 282 g/mol. The second-order valence-corrected chi connectivity index (χ2v) is 4.54. The van der Waals surface area contributed by atoms with Gasteiger partial charge in [0.25, 0.3) is 0 Å². The van der Waals surface area contributed by atoms with Crippen LogP contribution in [0.1, 0.15) is 16.1 Å². The van der Waals surface area contributed by atoms with Gasteiger partial charge in [0.1, 0.15) is 0 Å². The minimum Gasteiger partial charge on any atom is -0.545 e. The van der Waals surface area contributed by atoms with Crippen LogP contribution in [-0.2, 0) is 0 Å². The molecule has 0 saturated heterocycles. The Hall–Kier alpha value is -1.68. The second-order valence-electron chi connectivity index (χ2n) is 3.63. The molecule has 0 radical (unpaired) electrons. The summed E-state index contributed by atoms with van der Waals surface area (Å²) in [4.78, 5) is 15.0. The highest BCUT2D eigenvalue weighted by atomic mass is 79.9. The lowest BCUT2D eigenvalue weighted by Crippen LogP contribution is -2.23. The van der Waals surface area contributed by atoms with E-state index >= 15 is 0 Å². The van der Waals surface area contributed by atoms with Gasteiger partial charge in [-0.15, -0.1) is 0 Å². The summed E-state index contributed by atoms with van der Waals surface area (Å²) in [7, 11) is 0. The highest BCUT2D eigenvalue weighted by molar-refractivity contribution is 9.10. The zero-order valence-corrected chi connectivity index (χ0v) is 10.7. The van der Waals surface area contributed by atoms with Gasteiger partial charge in [-0.1, -0.05) is 28.1 Å². The topological polar surface area (TPSA) is 53.0 Å². The van der Waals surface area contributed by atoms with Gasteiger partial charge in [-0.3, -0.25) is 4.98 Å². The average Bonchev–Trinajstić information content (AvgIpc) is 2.28. The van der Waals surface area contributed by atoms with Crippen molar-refractivity contribution >= 4 is 21.9 Å². The molecule has 17 heavy (non-hydrogen) atoms. The SMILES string of the molecule is Cc1nc(-c2cccc(Br)c2)ccc1C(=O)[O-]. The van der Waals surface area contributed by atoms with Crippen LogP contribution >= 0.6 is 15.9 Å². The van der Waals surface area contributed by atoms with E-state index in [1.165, 1.54) is 6.07 Å². The molecule has 0 saturated carbocycles. The molecule has 1 aromatic heterocycles. The molecule has 0 amide bonds. The predicted molar refractivity (Wildman–Crippen MR) is 66.4 cm³/mol. The first-order chi connectivity index (χ1) is 8.08. The molecule has 0 N–H and O–H groups in total. The third kappa shape index (κ3) is 2.53. The van der Waals surface area contributed by atoms with Crippen molar-refractivity contribution in [1.82, 2.24) is 4.98 Å². The van der Waals surface area contributed by atoms with Crippen molar-refractivity contribution in [3.05, 3.63) is 52.1 Å². The monoisotopic (exact) mass is 290 g/mol. The number of rotatable bonds is 2. The standard InChI is InChI=1S/C13H10BrNO2/c1-8-11(13(16)17)5-6-12(15-8)9-3-2-4-10(14)7-9/h2-7H,1H3,(H,16,17)/p-1. The molecule has 0 aliphatic rings. The van der Waals surface area contributed by atoms with Gasteiger partial charge in [0.2, 0.25) is 0 Å². The van der Waals surface area contributed by atoms with Crippen LogP contribution in [0, 0.1) is 6.92 Å². The Balaban J connectivity index is 2.48. The summed E-state index contributed by atoms with van der Waals surface area (Å²) in [5.41, 5.74) is 2.27. The fourth-order valence-electron chi connectivity index (χ4n) is 1.59. The number of aryl methyl sites for hydroxylation is 1. The van der Waals surface area contributed by atoms with Gasteiger partial charge < -0.3 is 9.90 Å². The van der Waals surface area contributed by atoms with Crippen molar-refractivity contribution < 1.29 is 9.90 Å². The number of aromatic nitrogens is 1. The zero-order valence-electron chi connectivity index (χ0n) is 9.11. The van der Waals surface area contributed by atoms with Gasteiger partial charge in [0.15, 0.2) is 0 Å². The van der Waals surface area contributed by atoms with Crippen LogP contribution in [0.4, 0.5) is 0 Å². The van der Waals surface area contributed by atoms with Crippen molar-refractivity contribution in [1.29, 1.82) is 0 Å². The molecule has 2 rings (SSSR count). The van der Waals surface area contributed by atoms with Gasteiger partial charge in [-0.2, -0.15) is 0 Å². The van der Waals surface area contributed by atoms with E-state index < -0.39 is 5.97 Å². The Morgan fingerprint density at radius 2 is 2.06 bits per heavy atom. The number of hydrogen-bond acceptors (Lipinski definition) is 3. The first-order valence-electron chi connectivity index (χ1n) is 5.03. The summed E-state index contributed by atoms with van der Waals surface area (Å²) < 4.78 is 0.957. The van der Waals surface area contributed by atoms with E-state index in [-0.39, 0.29) is 5.56 Å². The number of halogens is 1. The lowest BCUT2D eigenvalue weighted by atomic mass is 10.1. The molecular formula is C13H9BrNO2-. The van der Waals surface area contributed by atoms with E-state index in [1.54, 1.807) is 13.0 Å². The Labute approximate surface area is 107 Å². The number of carboxylic acid groups (broad SMARTS) is 1. The third-order valence-corrected chi connectivity index (χ3v) is 2.92. The lowest BCUT2D eigenvalue weighted by Gasteiger charge is -2.08. The second kappa shape index (κ2) is 4.67. The molecule has 1 aromatic carbocycles. The number of carbonyl (C=O) groups is 1. The maximum atomic E-state index is 10.8. The van der Waals surface area contributed by atoms with Gasteiger partial charge in [0, 0.05) is 21.3 Å². The van der Waals surface area contributed by atoms with E-state index in [1.807, 2.05) is 24.3 Å². The quantitative estimate of drug-likeness (QED) is 0.852. The van der Waals surface area contributed by atoms with Crippen LogP contribution in [0.2, 0.25) is 0 Å². The maximum Gasteiger partial charge on any atom is 0.0733 e. The van der Waals surface area contributed by atoms with Crippen LogP contribution in [0.15, 0.2) is 40.9 Å². The molecule has 0 bridgehead atoms. The number of carboxylic acids is 1. The smallest absolute Gasteiger partial charge is 0.0733 e. The molecule has 0 fully saturated rings. The molecule has 0 unspecified atom stereocenters. The highest BCUT2D eigenvalue weighted by Crippen LogP contribution is 2.22. The normalized spacial score (nSPS) is 10.2. The molecule has 2 aromatic rings. The maximum absolute atomic E-state index is 10.8. The Kier molecular flexibility index (Phi) is 3.24. The van der Waals surface area contributed by atoms with E-state index in [4.69, 9.17) is 0 Å². The highest BCUT2D eigenvalue weighted by Gasteiger charge is 2.04. The van der Waals surface area contributed by atoms with Crippen molar-refractivity contribution in [2.45, 2.75) is 6.92 Å². The molecule has 0 aliphatic carbocycles. The van der Waals surface area contributed by atoms with Crippen molar-refractivity contribution in [3.63, 3.8) is 0 Å².